The van der Waals surface area contributed by atoms with Crippen molar-refractivity contribution in [3.05, 3.63) is 103 Å². The lowest BCUT2D eigenvalue weighted by atomic mass is 10.1. The van der Waals surface area contributed by atoms with E-state index < -0.39 is 0 Å². The summed E-state index contributed by atoms with van der Waals surface area (Å²) in [6.07, 6.45) is 2.77. The molecule has 2 heterocycles. The molecule has 6 nitrogen and oxygen atoms in total. The van der Waals surface area contributed by atoms with Crippen LogP contribution in [0, 0.1) is 13.8 Å². The molecular formula is C22H18Cl2N4O2. The average Bonchev–Trinajstić information content (AvgIpc) is 2.72. The third kappa shape index (κ3) is 5.03. The molecule has 2 aromatic heterocycles. The monoisotopic (exact) mass is 440 g/mol. The minimum Gasteiger partial charge on any atom is -0.313 e. The zero-order chi connectivity index (χ0) is 21.7. The second-order valence-electron chi connectivity index (χ2n) is 6.42. The van der Waals surface area contributed by atoms with Crippen molar-refractivity contribution in [2.45, 2.75) is 13.8 Å². The molecule has 2 aromatic carbocycles. The Morgan fingerprint density at radius 3 is 1.47 bits per heavy atom. The summed E-state index contributed by atoms with van der Waals surface area (Å²) >= 11 is 12.0. The summed E-state index contributed by atoms with van der Waals surface area (Å²) in [7, 11) is 0. The molecular weight excluding hydrogens is 423 g/mol. The lowest BCUT2D eigenvalue weighted by Crippen LogP contribution is -2.04. The summed E-state index contributed by atoms with van der Waals surface area (Å²) in [4.78, 5) is 35.4. The van der Waals surface area contributed by atoms with Gasteiger partial charge < -0.3 is 9.97 Å². The molecule has 0 bridgehead atoms. The standard InChI is InChI=1S/2C11H9ClN2O/c2*1-7-8(3-2-4-9(7)12)10-5-11(15)14-6-13-10/h2*2-6H,1H3,(H,13,14,15). The number of hydrogen-bond acceptors (Lipinski definition) is 4. The van der Waals surface area contributed by atoms with Gasteiger partial charge >= 0.3 is 0 Å². The largest absolute Gasteiger partial charge is 0.313 e. The van der Waals surface area contributed by atoms with Gasteiger partial charge in [-0.3, -0.25) is 9.59 Å². The highest BCUT2D eigenvalue weighted by molar-refractivity contribution is 6.32. The third-order valence-corrected chi connectivity index (χ3v) is 5.26. The summed E-state index contributed by atoms with van der Waals surface area (Å²) < 4.78 is 0. The van der Waals surface area contributed by atoms with Crippen LogP contribution < -0.4 is 11.1 Å². The maximum atomic E-state index is 11.1. The third-order valence-electron chi connectivity index (χ3n) is 4.44. The van der Waals surface area contributed by atoms with Gasteiger partial charge in [-0.05, 0) is 37.1 Å². The summed E-state index contributed by atoms with van der Waals surface area (Å²) in [6.45, 7) is 3.81. The van der Waals surface area contributed by atoms with Gasteiger partial charge in [-0.1, -0.05) is 47.5 Å². The maximum absolute atomic E-state index is 11.1. The first-order chi connectivity index (χ1) is 14.4. The van der Waals surface area contributed by atoms with Crippen LogP contribution in [0.15, 0.2) is 70.8 Å². The van der Waals surface area contributed by atoms with Crippen molar-refractivity contribution in [2.75, 3.05) is 0 Å². The molecule has 30 heavy (non-hydrogen) atoms. The fraction of sp³-hybridized carbons (Fsp3) is 0.0909. The van der Waals surface area contributed by atoms with Gasteiger partial charge in [0.1, 0.15) is 0 Å². The Bertz CT molecular complexity index is 1200. The van der Waals surface area contributed by atoms with Crippen LogP contribution >= 0.6 is 23.2 Å². The lowest BCUT2D eigenvalue weighted by Gasteiger charge is -2.05. The number of halogens is 2. The predicted octanol–water partition coefficient (Wildman–Crippen LogP) is 4.80. The highest BCUT2D eigenvalue weighted by atomic mass is 35.5. The van der Waals surface area contributed by atoms with Gasteiger partial charge in [0, 0.05) is 33.3 Å². The Balaban J connectivity index is 0.000000171. The molecule has 0 unspecified atom stereocenters. The first kappa shape index (κ1) is 21.5. The van der Waals surface area contributed by atoms with Crippen molar-refractivity contribution in [3.63, 3.8) is 0 Å². The van der Waals surface area contributed by atoms with Gasteiger partial charge in [-0.15, -0.1) is 0 Å². The molecule has 8 heteroatoms. The highest BCUT2D eigenvalue weighted by Crippen LogP contribution is 2.26. The minimum absolute atomic E-state index is 0.167. The van der Waals surface area contributed by atoms with Gasteiger partial charge in [0.15, 0.2) is 0 Å². The van der Waals surface area contributed by atoms with E-state index in [2.05, 4.69) is 19.9 Å². The van der Waals surface area contributed by atoms with E-state index in [4.69, 9.17) is 23.2 Å². The van der Waals surface area contributed by atoms with Crippen molar-refractivity contribution < 1.29 is 0 Å². The topological polar surface area (TPSA) is 91.5 Å². The number of H-pyrrole nitrogens is 2. The van der Waals surface area contributed by atoms with Gasteiger partial charge in [0.2, 0.25) is 0 Å². The van der Waals surface area contributed by atoms with Crippen molar-refractivity contribution in [1.82, 2.24) is 19.9 Å². The van der Waals surface area contributed by atoms with E-state index in [1.807, 2.05) is 50.2 Å². The van der Waals surface area contributed by atoms with Crippen LogP contribution in [0.3, 0.4) is 0 Å². The molecule has 0 atom stereocenters. The Hall–Kier alpha value is -3.22. The number of rotatable bonds is 2. The molecule has 0 spiro atoms. The van der Waals surface area contributed by atoms with Crippen molar-refractivity contribution in [3.8, 4) is 22.5 Å². The molecule has 0 aliphatic heterocycles. The molecule has 0 radical (unpaired) electrons. The quantitative estimate of drug-likeness (QED) is 0.468. The van der Waals surface area contributed by atoms with Crippen LogP contribution in [0.4, 0.5) is 0 Å². The van der Waals surface area contributed by atoms with Crippen molar-refractivity contribution >= 4 is 23.2 Å². The van der Waals surface area contributed by atoms with Gasteiger partial charge in [-0.2, -0.15) is 0 Å². The normalized spacial score (nSPS) is 10.3. The molecule has 0 aliphatic carbocycles. The molecule has 4 rings (SSSR count). The summed E-state index contributed by atoms with van der Waals surface area (Å²) in [5.41, 5.74) is 4.56. The van der Waals surface area contributed by atoms with E-state index in [9.17, 15) is 9.59 Å². The molecule has 152 valence electrons. The van der Waals surface area contributed by atoms with Crippen LogP contribution in [-0.4, -0.2) is 19.9 Å². The molecule has 0 saturated heterocycles. The first-order valence-electron chi connectivity index (χ1n) is 8.97. The van der Waals surface area contributed by atoms with Gasteiger partial charge in [0.05, 0.1) is 24.0 Å². The number of nitrogens with zero attached hydrogens (tertiary/aromatic N) is 2. The predicted molar refractivity (Wildman–Crippen MR) is 120 cm³/mol. The Morgan fingerprint density at radius 2 is 1.10 bits per heavy atom. The molecule has 4 aromatic rings. The molecule has 0 fully saturated rings. The van der Waals surface area contributed by atoms with Crippen LogP contribution in [0.1, 0.15) is 11.1 Å². The number of aromatic nitrogens is 4. The van der Waals surface area contributed by atoms with Crippen molar-refractivity contribution in [2.24, 2.45) is 0 Å². The van der Waals surface area contributed by atoms with Gasteiger partial charge in [-0.25, -0.2) is 9.97 Å². The fourth-order valence-electron chi connectivity index (χ4n) is 2.80. The smallest absolute Gasteiger partial charge is 0.251 e. The van der Waals surface area contributed by atoms with E-state index >= 15 is 0 Å². The maximum Gasteiger partial charge on any atom is 0.251 e. The van der Waals surface area contributed by atoms with E-state index in [0.717, 1.165) is 22.3 Å². The number of aromatic amines is 2. The number of benzene rings is 2. The Kier molecular flexibility index (Phi) is 6.82. The van der Waals surface area contributed by atoms with E-state index in [1.54, 1.807) is 0 Å². The number of hydrogen-bond donors (Lipinski definition) is 2. The lowest BCUT2D eigenvalue weighted by molar-refractivity contribution is 1.12. The Morgan fingerprint density at radius 1 is 0.700 bits per heavy atom. The average molecular weight is 441 g/mol. The van der Waals surface area contributed by atoms with Crippen LogP contribution in [0.5, 0.6) is 0 Å². The van der Waals surface area contributed by atoms with Crippen LogP contribution in [0.25, 0.3) is 22.5 Å². The summed E-state index contributed by atoms with van der Waals surface area (Å²) in [6, 6.07) is 14.0. The second-order valence-corrected chi connectivity index (χ2v) is 7.23. The van der Waals surface area contributed by atoms with E-state index in [1.165, 1.54) is 24.8 Å². The SMILES string of the molecule is Cc1c(Cl)cccc1-c1cc(=O)[nH]cn1.Cc1c(Cl)cccc1-c1cc(=O)[nH]cn1. The van der Waals surface area contributed by atoms with Gasteiger partial charge in [0.25, 0.3) is 11.1 Å². The summed E-state index contributed by atoms with van der Waals surface area (Å²) in [5, 5.41) is 1.35. The van der Waals surface area contributed by atoms with Crippen molar-refractivity contribution in [1.29, 1.82) is 0 Å². The zero-order valence-electron chi connectivity index (χ0n) is 16.2. The molecule has 0 aliphatic rings. The minimum atomic E-state index is -0.167. The van der Waals surface area contributed by atoms with Crippen LogP contribution in [-0.2, 0) is 0 Å². The zero-order valence-corrected chi connectivity index (χ0v) is 17.8. The molecule has 0 amide bonds. The second kappa shape index (κ2) is 9.52. The Labute approximate surface area is 182 Å². The highest BCUT2D eigenvalue weighted by Gasteiger charge is 2.06. The first-order valence-corrected chi connectivity index (χ1v) is 9.73. The van der Waals surface area contributed by atoms with E-state index in [-0.39, 0.29) is 11.1 Å². The molecule has 0 saturated carbocycles. The number of nitrogens with one attached hydrogen (secondary N) is 2. The van der Waals surface area contributed by atoms with E-state index in [0.29, 0.717) is 21.4 Å². The fourth-order valence-corrected chi connectivity index (χ4v) is 3.15. The van der Waals surface area contributed by atoms with Crippen LogP contribution in [0.2, 0.25) is 10.0 Å². The summed E-state index contributed by atoms with van der Waals surface area (Å²) in [5.74, 6) is 0. The molecule has 2 N–H and O–H groups in total.